The van der Waals surface area contributed by atoms with Crippen molar-refractivity contribution in [2.75, 3.05) is 5.73 Å². The van der Waals surface area contributed by atoms with Crippen molar-refractivity contribution >= 4 is 16.5 Å². The number of aromatic amines is 2. The first-order valence-electron chi connectivity index (χ1n) is 3.69. The molecule has 0 aliphatic heterocycles. The van der Waals surface area contributed by atoms with Crippen LogP contribution in [0.4, 0.5) is 5.69 Å². The average molecular weight is 183 g/mol. The van der Waals surface area contributed by atoms with Crippen LogP contribution >= 0.6 is 0 Å². The van der Waals surface area contributed by atoms with Crippen LogP contribution in [0.15, 0.2) is 27.8 Å². The third-order valence-corrected chi connectivity index (χ3v) is 1.86. The van der Waals surface area contributed by atoms with Crippen molar-refractivity contribution in [2.24, 2.45) is 0 Å². The zero-order valence-corrected chi connectivity index (χ0v) is 6.63. The fourth-order valence-electron chi connectivity index (χ4n) is 1.26. The van der Waals surface area contributed by atoms with Crippen molar-refractivity contribution in [1.82, 2.24) is 10.2 Å². The minimum atomic E-state index is -0.382. The molecule has 5 nitrogen and oxygen atoms in total. The number of hydrogen-bond donors (Lipinski definition) is 3. The maximum atomic E-state index is 11.2. The molecule has 2 aromatic rings. The first-order valence-corrected chi connectivity index (χ1v) is 3.69. The molecular weight excluding hydrogens is 176 g/mol. The van der Waals surface area contributed by atoms with E-state index in [2.05, 4.69) is 10.2 Å². The molecule has 0 bridgehead atoms. The molecule has 1 aromatic carbocycles. The summed E-state index contributed by atoms with van der Waals surface area (Å²) >= 11 is 0. The van der Waals surface area contributed by atoms with Crippen molar-refractivity contribution in [3.63, 3.8) is 0 Å². The van der Waals surface area contributed by atoms with Gasteiger partial charge in [-0.1, -0.05) is 6.07 Å². The molecule has 0 saturated carbocycles. The summed E-state index contributed by atoms with van der Waals surface area (Å²) < 4.78 is 0. The lowest BCUT2D eigenvalue weighted by atomic mass is 10.9. The smallest absolute Gasteiger partial charge is 0.272 e. The van der Waals surface area contributed by atoms with E-state index in [4.69, 9.17) is 5.73 Å². The highest BCUT2D eigenvalue weighted by molar-refractivity contribution is 5.91. The van der Waals surface area contributed by atoms with Crippen LogP contribution in [0.5, 0.6) is 0 Å². The van der Waals surface area contributed by atoms with Crippen LogP contribution in [-0.2, 0) is 0 Å². The standard InChI is InChI=1S/C8H7N3O2/c9-5-3-1-2-4-6(5)8(13)11-10-7(4)12/h1-3H,9H2,(H,10,12)(H,11,13)/i1+1,2+1,3+1,4+1,5+1,6+1. The quantitative estimate of drug-likeness (QED) is 0.494. The number of nitrogens with two attached hydrogens (primary N) is 1. The summed E-state index contributed by atoms with van der Waals surface area (Å²) in [6.45, 7) is 0. The molecule has 66 valence electrons. The van der Waals surface area contributed by atoms with Crippen LogP contribution in [0.25, 0.3) is 10.8 Å². The molecular formula is C8H7N3O2. The summed E-state index contributed by atoms with van der Waals surface area (Å²) in [5.74, 6) is 0. The van der Waals surface area contributed by atoms with Crippen LogP contribution in [0, 0.1) is 0 Å². The van der Waals surface area contributed by atoms with Gasteiger partial charge < -0.3 is 5.73 Å². The Morgan fingerprint density at radius 1 is 1.08 bits per heavy atom. The van der Waals surface area contributed by atoms with Crippen molar-refractivity contribution in [3.05, 3.63) is 38.9 Å². The second-order valence-electron chi connectivity index (χ2n) is 2.68. The van der Waals surface area contributed by atoms with Gasteiger partial charge in [0.1, 0.15) is 0 Å². The van der Waals surface area contributed by atoms with Crippen LogP contribution in [0.1, 0.15) is 0 Å². The van der Waals surface area contributed by atoms with Gasteiger partial charge in [-0.3, -0.25) is 19.8 Å². The Bertz CT molecular complexity index is 567. The van der Waals surface area contributed by atoms with Gasteiger partial charge in [-0.15, -0.1) is 0 Å². The zero-order chi connectivity index (χ0) is 9.42. The molecule has 0 spiro atoms. The Morgan fingerprint density at radius 3 is 2.46 bits per heavy atom. The number of anilines is 1. The molecule has 0 unspecified atom stereocenters. The Hall–Kier alpha value is -2.04. The maximum Gasteiger partial charge on any atom is 0.272 e. The van der Waals surface area contributed by atoms with Crippen molar-refractivity contribution in [2.45, 2.75) is 0 Å². The number of H-pyrrole nitrogens is 2. The summed E-state index contributed by atoms with van der Waals surface area (Å²) in [5.41, 5.74) is 5.14. The van der Waals surface area contributed by atoms with Gasteiger partial charge in [-0.25, -0.2) is 0 Å². The molecule has 0 aliphatic rings. The molecule has 0 amide bonds. The minimum Gasteiger partial charge on any atom is -0.398 e. The van der Waals surface area contributed by atoms with E-state index in [1.54, 1.807) is 18.2 Å². The predicted molar refractivity (Wildman–Crippen MR) is 49.6 cm³/mol. The highest BCUT2D eigenvalue weighted by Crippen LogP contribution is 2.11. The number of nitrogen functional groups attached to an aromatic ring is 1. The second kappa shape index (κ2) is 2.48. The lowest BCUT2D eigenvalue weighted by Gasteiger charge is -1.97. The Balaban J connectivity index is 3.19. The van der Waals surface area contributed by atoms with Crippen molar-refractivity contribution in [1.29, 1.82) is 0 Å². The van der Waals surface area contributed by atoms with E-state index >= 15 is 0 Å². The monoisotopic (exact) mass is 183 g/mol. The van der Waals surface area contributed by atoms with E-state index in [0.717, 1.165) is 0 Å². The van der Waals surface area contributed by atoms with E-state index in [0.29, 0.717) is 11.1 Å². The molecule has 0 aliphatic carbocycles. The lowest BCUT2D eigenvalue weighted by Crippen LogP contribution is -2.19. The summed E-state index contributed by atoms with van der Waals surface area (Å²) in [4.78, 5) is 22.4. The fraction of sp³-hybridized carbons (Fsp3) is 0. The lowest BCUT2D eigenvalue weighted by molar-refractivity contribution is 0.977. The van der Waals surface area contributed by atoms with Crippen LogP contribution in [0.3, 0.4) is 0 Å². The van der Waals surface area contributed by atoms with Gasteiger partial charge in [0.15, 0.2) is 0 Å². The van der Waals surface area contributed by atoms with Gasteiger partial charge in [0.25, 0.3) is 11.1 Å². The number of aromatic nitrogens is 2. The second-order valence-corrected chi connectivity index (χ2v) is 2.68. The highest BCUT2D eigenvalue weighted by Gasteiger charge is 2.04. The summed E-state index contributed by atoms with van der Waals surface area (Å²) in [5, 5.41) is 4.98. The summed E-state index contributed by atoms with van der Waals surface area (Å²) in [6, 6.07) is 4.77. The van der Waals surface area contributed by atoms with Gasteiger partial charge in [0.05, 0.1) is 10.8 Å². The Labute approximate surface area is 72.2 Å². The third kappa shape index (κ3) is 1.01. The van der Waals surface area contributed by atoms with E-state index in [1.165, 1.54) is 0 Å². The van der Waals surface area contributed by atoms with Gasteiger partial charge in [0, 0.05) is 5.69 Å². The molecule has 5 heteroatoms. The van der Waals surface area contributed by atoms with Gasteiger partial charge >= 0.3 is 0 Å². The summed E-state index contributed by atoms with van der Waals surface area (Å²) in [7, 11) is 0. The van der Waals surface area contributed by atoms with Gasteiger partial charge in [-0.2, -0.15) is 0 Å². The average Bonchev–Trinajstić information content (AvgIpc) is 2.12. The number of fused-ring (bicyclic) bond motifs is 1. The zero-order valence-electron chi connectivity index (χ0n) is 6.63. The van der Waals surface area contributed by atoms with E-state index in [1.807, 2.05) is 0 Å². The largest absolute Gasteiger partial charge is 0.398 e. The van der Waals surface area contributed by atoms with E-state index in [9.17, 15) is 9.59 Å². The van der Waals surface area contributed by atoms with Crippen molar-refractivity contribution in [3.8, 4) is 0 Å². The molecule has 0 radical (unpaired) electrons. The van der Waals surface area contributed by atoms with Gasteiger partial charge in [0.2, 0.25) is 0 Å². The molecule has 0 atom stereocenters. The number of nitrogens with one attached hydrogen (secondary N) is 2. The normalized spacial score (nSPS) is 10.5. The minimum absolute atomic E-state index is 0.242. The highest BCUT2D eigenvalue weighted by atomic mass is 16.2. The Kier molecular flexibility index (Phi) is 1.45. The maximum absolute atomic E-state index is 11.2. The number of hydrogen-bond acceptors (Lipinski definition) is 3. The molecule has 0 saturated heterocycles. The van der Waals surface area contributed by atoms with E-state index in [-0.39, 0.29) is 16.5 Å². The van der Waals surface area contributed by atoms with Crippen LogP contribution < -0.4 is 16.9 Å². The Morgan fingerprint density at radius 2 is 1.77 bits per heavy atom. The number of benzene rings is 1. The molecule has 4 N–H and O–H groups in total. The number of rotatable bonds is 0. The van der Waals surface area contributed by atoms with Crippen molar-refractivity contribution < 1.29 is 0 Å². The fourth-order valence-corrected chi connectivity index (χ4v) is 1.26. The first kappa shape index (κ1) is 7.60. The molecule has 1 aromatic heterocycles. The third-order valence-electron chi connectivity index (χ3n) is 1.86. The topological polar surface area (TPSA) is 91.7 Å². The molecule has 1 heterocycles. The van der Waals surface area contributed by atoms with Crippen LogP contribution in [-0.4, -0.2) is 10.2 Å². The molecule has 0 fully saturated rings. The molecule has 13 heavy (non-hydrogen) atoms. The predicted octanol–water partition coefficient (Wildman–Crippen LogP) is -0.201. The molecule has 2 rings (SSSR count). The van der Waals surface area contributed by atoms with Crippen LogP contribution in [0.2, 0.25) is 0 Å². The summed E-state index contributed by atoms with van der Waals surface area (Å²) in [6.07, 6.45) is 0. The SMILES string of the molecule is N[13c]1[13cH][13cH][13cH][13c]2c(=O)[nH][nH]c(=O)[13c]12. The van der Waals surface area contributed by atoms with Gasteiger partial charge in [-0.05, 0) is 12.1 Å². The van der Waals surface area contributed by atoms with E-state index < -0.39 is 0 Å². The first-order chi connectivity index (χ1) is 6.20.